The number of esters is 2. The highest BCUT2D eigenvalue weighted by Gasteiger charge is 2.44. The van der Waals surface area contributed by atoms with E-state index >= 15 is 0 Å². The summed E-state index contributed by atoms with van der Waals surface area (Å²) in [5.74, 6) is -3.40. The maximum absolute atomic E-state index is 12.9. The Morgan fingerprint density at radius 3 is 2.06 bits per heavy atom. The van der Waals surface area contributed by atoms with E-state index in [0.29, 0.717) is 0 Å². The minimum Gasteiger partial charge on any atom is -0.457 e. The van der Waals surface area contributed by atoms with Gasteiger partial charge in [-0.05, 0) is 54.4 Å². The van der Waals surface area contributed by atoms with Crippen LogP contribution in [0, 0.1) is 5.92 Å². The first-order chi connectivity index (χ1) is 16.8. The lowest BCUT2D eigenvalue weighted by molar-refractivity contribution is -0.148. The summed E-state index contributed by atoms with van der Waals surface area (Å²) < 4.78 is 15.3. The van der Waals surface area contributed by atoms with Crippen molar-refractivity contribution in [2.45, 2.75) is 19.9 Å². The Hall–Kier alpha value is -4.53. The van der Waals surface area contributed by atoms with Gasteiger partial charge >= 0.3 is 11.9 Å². The number of Topliss-reactive ketones (excluding diaryl/α,β-unsaturated/α-hetero) is 1. The fourth-order valence-corrected chi connectivity index (χ4v) is 3.70. The Morgan fingerprint density at radius 2 is 1.51 bits per heavy atom. The third kappa shape index (κ3) is 4.74. The first-order valence-electron chi connectivity index (χ1n) is 10.8. The maximum atomic E-state index is 12.9. The molecule has 178 valence electrons. The molecule has 0 spiro atoms. The number of furan rings is 1. The molecule has 2 amide bonds. The van der Waals surface area contributed by atoms with Gasteiger partial charge in [0.1, 0.15) is 11.8 Å². The number of rotatable bonds is 8. The second kappa shape index (κ2) is 9.76. The predicted octanol–water partition coefficient (Wildman–Crippen LogP) is 3.55. The fraction of sp³-hybridized carbons (Fsp3) is 0.192. The SMILES string of the molecule is CC(C)[C@@H](C(=O)OCC(=O)c1ccc(OC(=O)c2ccco2)cc1)N1C(=O)c2ccccc2C1=O. The quantitative estimate of drug-likeness (QED) is 0.210. The van der Waals surface area contributed by atoms with Gasteiger partial charge in [-0.15, -0.1) is 0 Å². The van der Waals surface area contributed by atoms with Crippen molar-refractivity contribution in [1.82, 2.24) is 4.90 Å². The topological polar surface area (TPSA) is 120 Å². The van der Waals surface area contributed by atoms with E-state index in [1.54, 1.807) is 32.0 Å². The standard InChI is InChI=1S/C26H21NO8/c1-15(2)22(27-23(29)18-6-3-4-7-19(18)24(27)30)26(32)34-14-20(28)16-9-11-17(12-10-16)35-25(31)21-8-5-13-33-21/h3-13,15,22H,14H2,1-2H3/t22-/m0/s1. The van der Waals surface area contributed by atoms with Crippen molar-refractivity contribution < 1.29 is 37.9 Å². The molecule has 1 aliphatic heterocycles. The number of nitrogens with zero attached hydrogens (tertiary/aromatic N) is 1. The Labute approximate surface area is 200 Å². The third-order valence-corrected chi connectivity index (χ3v) is 5.43. The van der Waals surface area contributed by atoms with E-state index in [2.05, 4.69) is 0 Å². The molecular weight excluding hydrogens is 454 g/mol. The predicted molar refractivity (Wildman–Crippen MR) is 121 cm³/mol. The van der Waals surface area contributed by atoms with Crippen LogP contribution in [0.15, 0.2) is 71.3 Å². The molecule has 4 rings (SSSR count). The second-order valence-electron chi connectivity index (χ2n) is 8.14. The molecule has 0 N–H and O–H groups in total. The number of hydrogen-bond donors (Lipinski definition) is 0. The zero-order valence-electron chi connectivity index (χ0n) is 18.9. The largest absolute Gasteiger partial charge is 0.457 e. The van der Waals surface area contributed by atoms with Gasteiger partial charge in [0.2, 0.25) is 5.76 Å². The summed E-state index contributed by atoms with van der Waals surface area (Å²) in [7, 11) is 0. The molecular formula is C26H21NO8. The number of hydrogen-bond acceptors (Lipinski definition) is 8. The number of ether oxygens (including phenoxy) is 2. The van der Waals surface area contributed by atoms with E-state index in [9.17, 15) is 24.0 Å². The van der Waals surface area contributed by atoms with Gasteiger partial charge in [0, 0.05) is 5.56 Å². The maximum Gasteiger partial charge on any atom is 0.379 e. The molecule has 0 saturated carbocycles. The van der Waals surface area contributed by atoms with Crippen LogP contribution in [0.2, 0.25) is 0 Å². The van der Waals surface area contributed by atoms with Crippen LogP contribution in [0.3, 0.4) is 0 Å². The number of benzene rings is 2. The van der Waals surface area contributed by atoms with Crippen LogP contribution in [0.5, 0.6) is 5.75 Å². The summed E-state index contributed by atoms with van der Waals surface area (Å²) in [6.07, 6.45) is 1.35. The molecule has 1 atom stereocenters. The van der Waals surface area contributed by atoms with Crippen LogP contribution in [-0.2, 0) is 9.53 Å². The number of carbonyl (C=O) groups excluding carboxylic acids is 5. The molecule has 0 bridgehead atoms. The van der Waals surface area contributed by atoms with Crippen LogP contribution < -0.4 is 4.74 Å². The minimum atomic E-state index is -1.18. The van der Waals surface area contributed by atoms with Crippen LogP contribution in [-0.4, -0.2) is 47.1 Å². The smallest absolute Gasteiger partial charge is 0.379 e. The normalized spacial score (nSPS) is 13.5. The molecule has 2 heterocycles. The van der Waals surface area contributed by atoms with Gasteiger partial charge in [0.25, 0.3) is 11.8 Å². The Bertz CT molecular complexity index is 1260. The summed E-state index contributed by atoms with van der Waals surface area (Å²) in [6, 6.07) is 13.8. The van der Waals surface area contributed by atoms with Gasteiger partial charge in [0.15, 0.2) is 12.4 Å². The van der Waals surface area contributed by atoms with Crippen LogP contribution in [0.4, 0.5) is 0 Å². The van der Waals surface area contributed by atoms with Gasteiger partial charge < -0.3 is 13.9 Å². The zero-order chi connectivity index (χ0) is 25.1. The molecule has 0 radical (unpaired) electrons. The molecule has 0 unspecified atom stereocenters. The number of amides is 2. The van der Waals surface area contributed by atoms with Crippen molar-refractivity contribution in [3.63, 3.8) is 0 Å². The van der Waals surface area contributed by atoms with Crippen LogP contribution >= 0.6 is 0 Å². The molecule has 3 aromatic rings. The average molecular weight is 475 g/mol. The van der Waals surface area contributed by atoms with Crippen LogP contribution in [0.1, 0.15) is 55.5 Å². The van der Waals surface area contributed by atoms with Gasteiger partial charge in [-0.3, -0.25) is 19.3 Å². The number of ketones is 1. The van der Waals surface area contributed by atoms with E-state index < -0.39 is 48.1 Å². The molecule has 1 aliphatic rings. The lowest BCUT2D eigenvalue weighted by Gasteiger charge is -2.27. The van der Waals surface area contributed by atoms with E-state index in [1.807, 2.05) is 0 Å². The molecule has 9 heteroatoms. The molecule has 2 aromatic carbocycles. The summed E-state index contributed by atoms with van der Waals surface area (Å²) in [5.41, 5.74) is 0.664. The molecule has 9 nitrogen and oxygen atoms in total. The summed E-state index contributed by atoms with van der Waals surface area (Å²) in [6.45, 7) is 2.77. The van der Waals surface area contributed by atoms with Crippen molar-refractivity contribution in [2.24, 2.45) is 5.92 Å². The van der Waals surface area contributed by atoms with Gasteiger partial charge in [-0.1, -0.05) is 26.0 Å². The fourth-order valence-electron chi connectivity index (χ4n) is 3.70. The Balaban J connectivity index is 1.39. The first-order valence-corrected chi connectivity index (χ1v) is 10.8. The average Bonchev–Trinajstić information content (AvgIpc) is 3.47. The number of carbonyl (C=O) groups is 5. The van der Waals surface area contributed by atoms with Crippen LogP contribution in [0.25, 0.3) is 0 Å². The van der Waals surface area contributed by atoms with Crippen molar-refractivity contribution in [3.8, 4) is 5.75 Å². The lowest BCUT2D eigenvalue weighted by atomic mass is 10.0. The highest BCUT2D eigenvalue weighted by Crippen LogP contribution is 2.27. The minimum absolute atomic E-state index is 0.0369. The van der Waals surface area contributed by atoms with Gasteiger partial charge in [0.05, 0.1) is 17.4 Å². The second-order valence-corrected chi connectivity index (χ2v) is 8.14. The van der Waals surface area contributed by atoms with Gasteiger partial charge in [-0.2, -0.15) is 0 Å². The van der Waals surface area contributed by atoms with Crippen molar-refractivity contribution >= 4 is 29.5 Å². The van der Waals surface area contributed by atoms with E-state index in [-0.39, 0.29) is 28.2 Å². The van der Waals surface area contributed by atoms with E-state index in [1.165, 1.54) is 48.7 Å². The van der Waals surface area contributed by atoms with Crippen molar-refractivity contribution in [2.75, 3.05) is 6.61 Å². The third-order valence-electron chi connectivity index (χ3n) is 5.43. The van der Waals surface area contributed by atoms with Crippen molar-refractivity contribution in [3.05, 3.63) is 89.4 Å². The highest BCUT2D eigenvalue weighted by molar-refractivity contribution is 6.22. The Morgan fingerprint density at radius 1 is 0.886 bits per heavy atom. The lowest BCUT2D eigenvalue weighted by Crippen LogP contribution is -2.49. The molecule has 35 heavy (non-hydrogen) atoms. The van der Waals surface area contributed by atoms with E-state index in [4.69, 9.17) is 13.9 Å². The number of imide groups is 1. The summed E-state index contributed by atoms with van der Waals surface area (Å²) in [5, 5.41) is 0. The molecule has 1 aromatic heterocycles. The first kappa shape index (κ1) is 23.6. The van der Waals surface area contributed by atoms with Gasteiger partial charge in [-0.25, -0.2) is 9.59 Å². The summed E-state index contributed by atoms with van der Waals surface area (Å²) >= 11 is 0. The van der Waals surface area contributed by atoms with Crippen molar-refractivity contribution in [1.29, 1.82) is 0 Å². The zero-order valence-corrected chi connectivity index (χ0v) is 18.9. The molecule has 0 saturated heterocycles. The molecule has 0 aliphatic carbocycles. The number of fused-ring (bicyclic) bond motifs is 1. The highest BCUT2D eigenvalue weighted by atomic mass is 16.5. The summed E-state index contributed by atoms with van der Waals surface area (Å²) in [4.78, 5) is 63.8. The van der Waals surface area contributed by atoms with E-state index in [0.717, 1.165) is 4.90 Å². The monoisotopic (exact) mass is 475 g/mol. The molecule has 0 fully saturated rings. The Kier molecular flexibility index (Phi) is 6.59.